The lowest BCUT2D eigenvalue weighted by Gasteiger charge is -2.05. The van der Waals surface area contributed by atoms with Crippen LogP contribution in [-0.2, 0) is 11.0 Å². The number of halogens is 3. The minimum Gasteiger partial charge on any atom is -0.368 e. The average Bonchev–Trinajstić information content (AvgIpc) is 2.14. The summed E-state index contributed by atoms with van der Waals surface area (Å²) in [6, 6.07) is 1.83. The quantitative estimate of drug-likeness (QED) is 0.772. The zero-order valence-corrected chi connectivity index (χ0v) is 7.38. The monoisotopic (exact) mass is 220 g/mol. The standard InChI is InChI=1S/C7H7F3N4O/c8-7(9,10)4-1-2-6(14-13-4)12-3-5(11)15/h1-2H,3H2,(H2,11,15)(H,12,14). The Kier molecular flexibility index (Phi) is 3.08. The van der Waals surface area contributed by atoms with E-state index in [4.69, 9.17) is 5.73 Å². The van der Waals surface area contributed by atoms with Crippen molar-refractivity contribution in [2.45, 2.75) is 6.18 Å². The fourth-order valence-corrected chi connectivity index (χ4v) is 0.755. The predicted octanol–water partition coefficient (Wildman–Crippen LogP) is 0.393. The molecule has 3 N–H and O–H groups in total. The van der Waals surface area contributed by atoms with Gasteiger partial charge in [0.2, 0.25) is 5.91 Å². The van der Waals surface area contributed by atoms with Crippen molar-refractivity contribution in [3.8, 4) is 0 Å². The van der Waals surface area contributed by atoms with E-state index in [0.717, 1.165) is 12.1 Å². The number of carbonyl (C=O) groups excluding carboxylic acids is 1. The summed E-state index contributed by atoms with van der Waals surface area (Å²) in [5, 5.41) is 8.57. The van der Waals surface area contributed by atoms with Crippen LogP contribution >= 0.6 is 0 Å². The minimum atomic E-state index is -4.52. The van der Waals surface area contributed by atoms with Gasteiger partial charge in [-0.05, 0) is 12.1 Å². The van der Waals surface area contributed by atoms with Crippen LogP contribution in [0.25, 0.3) is 0 Å². The summed E-state index contributed by atoms with van der Waals surface area (Å²) in [5.74, 6) is -0.585. The van der Waals surface area contributed by atoms with Gasteiger partial charge >= 0.3 is 6.18 Å². The van der Waals surface area contributed by atoms with Crippen molar-refractivity contribution in [1.82, 2.24) is 10.2 Å². The Morgan fingerprint density at radius 3 is 2.47 bits per heavy atom. The van der Waals surface area contributed by atoms with Gasteiger partial charge in [0.25, 0.3) is 0 Å². The van der Waals surface area contributed by atoms with Gasteiger partial charge in [-0.1, -0.05) is 0 Å². The smallest absolute Gasteiger partial charge is 0.368 e. The van der Waals surface area contributed by atoms with Crippen molar-refractivity contribution in [2.75, 3.05) is 11.9 Å². The van der Waals surface area contributed by atoms with Gasteiger partial charge in [0.1, 0.15) is 5.82 Å². The summed E-state index contributed by atoms with van der Waals surface area (Å²) in [4.78, 5) is 10.3. The first-order valence-electron chi connectivity index (χ1n) is 3.82. The second kappa shape index (κ2) is 4.11. The Morgan fingerprint density at radius 1 is 1.40 bits per heavy atom. The molecule has 0 aliphatic heterocycles. The zero-order chi connectivity index (χ0) is 11.5. The second-order valence-corrected chi connectivity index (χ2v) is 2.62. The molecular formula is C7H7F3N4O. The Morgan fingerprint density at radius 2 is 2.07 bits per heavy atom. The molecule has 0 radical (unpaired) electrons. The van der Waals surface area contributed by atoms with Gasteiger partial charge in [0.05, 0.1) is 6.54 Å². The van der Waals surface area contributed by atoms with E-state index in [1.54, 1.807) is 0 Å². The molecule has 0 aliphatic carbocycles. The maximum absolute atomic E-state index is 12.0. The number of amides is 1. The van der Waals surface area contributed by atoms with E-state index in [2.05, 4.69) is 15.5 Å². The van der Waals surface area contributed by atoms with E-state index in [1.165, 1.54) is 0 Å². The maximum atomic E-state index is 12.0. The predicted molar refractivity (Wildman–Crippen MR) is 44.7 cm³/mol. The minimum absolute atomic E-state index is 0.0572. The number of carbonyl (C=O) groups is 1. The number of aromatic nitrogens is 2. The van der Waals surface area contributed by atoms with Crippen LogP contribution in [0.2, 0.25) is 0 Å². The van der Waals surface area contributed by atoms with Crippen LogP contribution in [0.4, 0.5) is 19.0 Å². The van der Waals surface area contributed by atoms with Gasteiger partial charge in [-0.25, -0.2) is 0 Å². The van der Waals surface area contributed by atoms with Crippen LogP contribution in [0.3, 0.4) is 0 Å². The highest BCUT2D eigenvalue weighted by molar-refractivity contribution is 5.78. The molecule has 0 atom stereocenters. The van der Waals surface area contributed by atoms with E-state index in [-0.39, 0.29) is 12.4 Å². The molecule has 0 saturated carbocycles. The average molecular weight is 220 g/mol. The third-order valence-electron chi connectivity index (χ3n) is 1.40. The molecule has 8 heteroatoms. The van der Waals surface area contributed by atoms with Crippen molar-refractivity contribution < 1.29 is 18.0 Å². The van der Waals surface area contributed by atoms with Crippen LogP contribution in [0.1, 0.15) is 5.69 Å². The zero-order valence-electron chi connectivity index (χ0n) is 7.38. The lowest BCUT2D eigenvalue weighted by molar-refractivity contribution is -0.141. The molecule has 1 amide bonds. The number of nitrogens with two attached hydrogens (primary N) is 1. The van der Waals surface area contributed by atoms with Crippen LogP contribution in [-0.4, -0.2) is 22.6 Å². The van der Waals surface area contributed by atoms with Crippen LogP contribution in [0.15, 0.2) is 12.1 Å². The molecule has 5 nitrogen and oxygen atoms in total. The fourth-order valence-electron chi connectivity index (χ4n) is 0.755. The summed E-state index contributed by atoms with van der Waals surface area (Å²) in [7, 11) is 0. The number of anilines is 1. The largest absolute Gasteiger partial charge is 0.435 e. The van der Waals surface area contributed by atoms with Gasteiger partial charge in [-0.15, -0.1) is 10.2 Å². The molecule has 1 heterocycles. The lowest BCUT2D eigenvalue weighted by Crippen LogP contribution is -2.22. The van der Waals surface area contributed by atoms with Crippen LogP contribution in [0, 0.1) is 0 Å². The molecule has 82 valence electrons. The molecule has 1 rings (SSSR count). The first-order valence-corrected chi connectivity index (χ1v) is 3.82. The Labute approximate surface area is 82.5 Å². The highest BCUT2D eigenvalue weighted by Gasteiger charge is 2.32. The number of rotatable bonds is 3. The van der Waals surface area contributed by atoms with E-state index in [1.807, 2.05) is 0 Å². The maximum Gasteiger partial charge on any atom is 0.435 e. The van der Waals surface area contributed by atoms with E-state index in [0.29, 0.717) is 0 Å². The van der Waals surface area contributed by atoms with Gasteiger partial charge in [0.15, 0.2) is 5.69 Å². The molecule has 0 aliphatic rings. The van der Waals surface area contributed by atoms with Crippen molar-refractivity contribution in [3.63, 3.8) is 0 Å². The molecule has 0 bridgehead atoms. The van der Waals surface area contributed by atoms with Crippen molar-refractivity contribution in [3.05, 3.63) is 17.8 Å². The normalized spacial score (nSPS) is 11.1. The van der Waals surface area contributed by atoms with Gasteiger partial charge in [-0.2, -0.15) is 13.2 Å². The van der Waals surface area contributed by atoms with Crippen LogP contribution in [0.5, 0.6) is 0 Å². The summed E-state index contributed by atoms with van der Waals surface area (Å²) in [6.45, 7) is -0.208. The SMILES string of the molecule is NC(=O)CNc1ccc(C(F)(F)F)nn1. The molecule has 0 saturated heterocycles. The number of nitrogens with one attached hydrogen (secondary N) is 1. The third kappa shape index (κ3) is 3.41. The number of hydrogen-bond acceptors (Lipinski definition) is 4. The number of nitrogens with zero attached hydrogens (tertiary/aromatic N) is 2. The van der Waals surface area contributed by atoms with Crippen molar-refractivity contribution >= 4 is 11.7 Å². The molecule has 0 spiro atoms. The van der Waals surface area contributed by atoms with E-state index >= 15 is 0 Å². The Hall–Kier alpha value is -1.86. The number of alkyl halides is 3. The number of primary amides is 1. The lowest BCUT2D eigenvalue weighted by atomic mass is 10.4. The summed E-state index contributed by atoms with van der Waals surface area (Å²) >= 11 is 0. The third-order valence-corrected chi connectivity index (χ3v) is 1.40. The summed E-state index contributed by atoms with van der Waals surface area (Å²) in [6.07, 6.45) is -4.52. The second-order valence-electron chi connectivity index (χ2n) is 2.62. The van der Waals surface area contributed by atoms with E-state index < -0.39 is 17.8 Å². The topological polar surface area (TPSA) is 80.9 Å². The Balaban J connectivity index is 2.69. The number of hydrogen-bond donors (Lipinski definition) is 2. The van der Waals surface area contributed by atoms with Crippen LogP contribution < -0.4 is 11.1 Å². The highest BCUT2D eigenvalue weighted by Crippen LogP contribution is 2.26. The molecule has 1 aromatic heterocycles. The highest BCUT2D eigenvalue weighted by atomic mass is 19.4. The van der Waals surface area contributed by atoms with Crippen molar-refractivity contribution in [1.29, 1.82) is 0 Å². The molecular weight excluding hydrogens is 213 g/mol. The first-order chi connectivity index (χ1) is 6.89. The molecule has 0 unspecified atom stereocenters. The van der Waals surface area contributed by atoms with Crippen molar-refractivity contribution in [2.24, 2.45) is 5.73 Å². The molecule has 0 fully saturated rings. The molecule has 1 aromatic rings. The summed E-state index contributed by atoms with van der Waals surface area (Å²) in [5.41, 5.74) is 3.72. The molecule has 0 aromatic carbocycles. The van der Waals surface area contributed by atoms with E-state index in [9.17, 15) is 18.0 Å². The molecule has 15 heavy (non-hydrogen) atoms. The summed E-state index contributed by atoms with van der Waals surface area (Å²) < 4.78 is 36.1. The first kappa shape index (κ1) is 11.2. The van der Waals surface area contributed by atoms with Gasteiger partial charge < -0.3 is 11.1 Å². The fraction of sp³-hybridized carbons (Fsp3) is 0.286. The van der Waals surface area contributed by atoms with Gasteiger partial charge in [-0.3, -0.25) is 4.79 Å². The Bertz CT molecular complexity index is 348. The van der Waals surface area contributed by atoms with Gasteiger partial charge in [0, 0.05) is 0 Å².